The van der Waals surface area contributed by atoms with E-state index in [9.17, 15) is 18.4 Å². The predicted octanol–water partition coefficient (Wildman–Crippen LogP) is 4.18. The second-order valence-electron chi connectivity index (χ2n) is 5.90. The fourth-order valence-electron chi connectivity index (χ4n) is 2.37. The largest absolute Gasteiger partial charge is 0.481 e. The third kappa shape index (κ3) is 5.65. The van der Waals surface area contributed by atoms with Crippen LogP contribution in [0, 0.1) is 25.5 Å². The smallest absolute Gasteiger partial charge is 0.344 e. The third-order valence-corrected chi connectivity index (χ3v) is 3.84. The summed E-state index contributed by atoms with van der Waals surface area (Å²) in [5.41, 5.74) is 1.16. The lowest BCUT2D eigenvalue weighted by atomic mass is 10.1. The highest BCUT2D eigenvalue weighted by Crippen LogP contribution is 2.27. The van der Waals surface area contributed by atoms with Gasteiger partial charge in [-0.2, -0.15) is 0 Å². The van der Waals surface area contributed by atoms with Crippen LogP contribution in [0.4, 0.5) is 14.5 Å². The van der Waals surface area contributed by atoms with E-state index in [4.69, 9.17) is 21.1 Å². The van der Waals surface area contributed by atoms with Crippen LogP contribution in [-0.2, 0) is 14.3 Å². The van der Waals surface area contributed by atoms with Crippen molar-refractivity contribution in [2.45, 2.75) is 26.9 Å². The first-order valence-electron chi connectivity index (χ1n) is 8.02. The lowest BCUT2D eigenvalue weighted by Crippen LogP contribution is -2.32. The third-order valence-electron chi connectivity index (χ3n) is 3.62. The second-order valence-corrected chi connectivity index (χ2v) is 6.34. The average molecular weight is 398 g/mol. The summed E-state index contributed by atoms with van der Waals surface area (Å²) < 4.78 is 37.1. The Kier molecular flexibility index (Phi) is 6.74. The molecule has 0 aliphatic rings. The molecule has 2 aromatic carbocycles. The van der Waals surface area contributed by atoms with Gasteiger partial charge in [-0.15, -0.1) is 0 Å². The maximum absolute atomic E-state index is 13.5. The number of anilines is 1. The Balaban J connectivity index is 1.91. The van der Waals surface area contributed by atoms with Gasteiger partial charge in [0.25, 0.3) is 5.91 Å². The normalized spacial score (nSPS) is 11.6. The van der Waals surface area contributed by atoms with Crippen LogP contribution in [0.25, 0.3) is 0 Å². The minimum Gasteiger partial charge on any atom is -0.481 e. The summed E-state index contributed by atoms with van der Waals surface area (Å²) in [7, 11) is 0. The van der Waals surface area contributed by atoms with Gasteiger partial charge in [-0.25, -0.2) is 13.6 Å². The lowest BCUT2D eigenvalue weighted by molar-refractivity contribution is -0.155. The molecule has 2 aromatic rings. The van der Waals surface area contributed by atoms with E-state index in [1.807, 2.05) is 0 Å². The molecule has 1 amide bonds. The molecule has 0 bridgehead atoms. The Morgan fingerprint density at radius 1 is 1.15 bits per heavy atom. The minimum absolute atomic E-state index is 0.341. The van der Waals surface area contributed by atoms with Crippen LogP contribution in [0.2, 0.25) is 5.02 Å². The van der Waals surface area contributed by atoms with E-state index < -0.39 is 36.2 Å². The van der Waals surface area contributed by atoms with Crippen molar-refractivity contribution in [1.29, 1.82) is 0 Å². The van der Waals surface area contributed by atoms with Crippen molar-refractivity contribution >= 4 is 29.2 Å². The van der Waals surface area contributed by atoms with Gasteiger partial charge in [-0.3, -0.25) is 4.79 Å². The monoisotopic (exact) mass is 397 g/mol. The van der Waals surface area contributed by atoms with Gasteiger partial charge in [-0.1, -0.05) is 11.6 Å². The Bertz CT molecular complexity index is 850. The molecule has 144 valence electrons. The van der Waals surface area contributed by atoms with Crippen LogP contribution in [-0.4, -0.2) is 24.6 Å². The number of halogens is 3. The number of nitrogens with one attached hydrogen (secondary N) is 1. The minimum atomic E-state index is -1.23. The van der Waals surface area contributed by atoms with Crippen LogP contribution in [0.3, 0.4) is 0 Å². The maximum atomic E-state index is 13.5. The van der Waals surface area contributed by atoms with Crippen LogP contribution in [0.5, 0.6) is 5.75 Å². The van der Waals surface area contributed by atoms with Gasteiger partial charge < -0.3 is 14.8 Å². The van der Waals surface area contributed by atoms with Crippen molar-refractivity contribution < 1.29 is 27.8 Å². The number of hydrogen-bond acceptors (Lipinski definition) is 4. The molecule has 1 N–H and O–H groups in total. The van der Waals surface area contributed by atoms with Gasteiger partial charge in [-0.05, 0) is 56.2 Å². The van der Waals surface area contributed by atoms with Crippen molar-refractivity contribution in [2.24, 2.45) is 0 Å². The van der Waals surface area contributed by atoms with Crippen LogP contribution < -0.4 is 10.1 Å². The Morgan fingerprint density at radius 3 is 2.41 bits per heavy atom. The van der Waals surface area contributed by atoms with E-state index in [2.05, 4.69) is 5.32 Å². The van der Waals surface area contributed by atoms with Gasteiger partial charge in [0.15, 0.2) is 12.7 Å². The Labute approximate surface area is 160 Å². The standard InChI is InChI=1S/C19H18ClF2NO4/c1-10-6-13(20)7-11(2)18(10)26-9-17(24)27-12(3)19(25)23-16-8-14(21)4-5-15(16)22/h4-8,12H,9H2,1-3H3,(H,23,25)/t12-/m1/s1. The topological polar surface area (TPSA) is 64.6 Å². The number of hydrogen-bond donors (Lipinski definition) is 1. The molecule has 0 heterocycles. The van der Waals surface area contributed by atoms with Crippen molar-refractivity contribution in [1.82, 2.24) is 0 Å². The zero-order chi connectivity index (χ0) is 20.1. The van der Waals surface area contributed by atoms with Gasteiger partial charge in [0.05, 0.1) is 5.69 Å². The maximum Gasteiger partial charge on any atom is 0.344 e. The highest BCUT2D eigenvalue weighted by atomic mass is 35.5. The fraction of sp³-hybridized carbons (Fsp3) is 0.263. The first-order valence-corrected chi connectivity index (χ1v) is 8.40. The van der Waals surface area contributed by atoms with Gasteiger partial charge in [0, 0.05) is 11.1 Å². The molecule has 0 spiro atoms. The van der Waals surface area contributed by atoms with Crippen molar-refractivity contribution in [3.05, 3.63) is 58.1 Å². The number of rotatable bonds is 6. The quantitative estimate of drug-likeness (QED) is 0.742. The van der Waals surface area contributed by atoms with Gasteiger partial charge in [0.2, 0.25) is 0 Å². The highest BCUT2D eigenvalue weighted by Gasteiger charge is 2.20. The molecule has 0 aliphatic carbocycles. The van der Waals surface area contributed by atoms with Crippen molar-refractivity contribution in [2.75, 3.05) is 11.9 Å². The lowest BCUT2D eigenvalue weighted by Gasteiger charge is -2.15. The predicted molar refractivity (Wildman–Crippen MR) is 97.0 cm³/mol. The van der Waals surface area contributed by atoms with Crippen LogP contribution in [0.15, 0.2) is 30.3 Å². The molecule has 0 saturated heterocycles. The first kappa shape index (κ1) is 20.6. The average Bonchev–Trinajstić information content (AvgIpc) is 2.57. The molecule has 2 rings (SSSR count). The van der Waals surface area contributed by atoms with Crippen molar-refractivity contribution in [3.8, 4) is 5.75 Å². The molecular formula is C19H18ClF2NO4. The number of aryl methyl sites for hydroxylation is 2. The Morgan fingerprint density at radius 2 is 1.78 bits per heavy atom. The molecule has 27 heavy (non-hydrogen) atoms. The van der Waals surface area contributed by atoms with E-state index >= 15 is 0 Å². The molecule has 0 fully saturated rings. The molecule has 0 unspecified atom stereocenters. The van der Waals surface area contributed by atoms with E-state index in [1.165, 1.54) is 6.92 Å². The molecule has 0 saturated carbocycles. The summed E-state index contributed by atoms with van der Waals surface area (Å²) in [6.07, 6.45) is -1.23. The number of benzene rings is 2. The van der Waals surface area contributed by atoms with E-state index in [-0.39, 0.29) is 5.69 Å². The van der Waals surface area contributed by atoms with Gasteiger partial charge in [0.1, 0.15) is 17.4 Å². The van der Waals surface area contributed by atoms with E-state index in [1.54, 1.807) is 26.0 Å². The van der Waals surface area contributed by atoms with E-state index in [0.717, 1.165) is 29.3 Å². The summed E-state index contributed by atoms with van der Waals surface area (Å²) >= 11 is 5.93. The molecule has 5 nitrogen and oxygen atoms in total. The number of amides is 1. The zero-order valence-corrected chi connectivity index (χ0v) is 15.7. The SMILES string of the molecule is Cc1cc(Cl)cc(C)c1OCC(=O)O[C@H](C)C(=O)Nc1cc(F)ccc1F. The first-order chi connectivity index (χ1) is 12.7. The summed E-state index contributed by atoms with van der Waals surface area (Å²) in [6.45, 7) is 4.45. The number of ether oxygens (including phenoxy) is 2. The van der Waals surface area contributed by atoms with Crippen molar-refractivity contribution in [3.63, 3.8) is 0 Å². The molecule has 1 atom stereocenters. The number of carbonyl (C=O) groups is 2. The second kappa shape index (κ2) is 8.81. The summed E-state index contributed by atoms with van der Waals surface area (Å²) in [6, 6.07) is 6.02. The zero-order valence-electron chi connectivity index (χ0n) is 14.9. The molecule has 8 heteroatoms. The molecule has 0 aromatic heterocycles. The summed E-state index contributed by atoms with van der Waals surface area (Å²) in [4.78, 5) is 23.9. The summed E-state index contributed by atoms with van der Waals surface area (Å²) in [5, 5.41) is 2.72. The molecule has 0 radical (unpaired) electrons. The van der Waals surface area contributed by atoms with Crippen LogP contribution >= 0.6 is 11.6 Å². The molecular weight excluding hydrogens is 380 g/mol. The highest BCUT2D eigenvalue weighted by molar-refractivity contribution is 6.30. The van der Waals surface area contributed by atoms with E-state index in [0.29, 0.717) is 10.8 Å². The Hall–Kier alpha value is -2.67. The number of carbonyl (C=O) groups excluding carboxylic acids is 2. The fourth-order valence-corrected chi connectivity index (χ4v) is 2.70. The van der Waals surface area contributed by atoms with Crippen LogP contribution in [0.1, 0.15) is 18.1 Å². The summed E-state index contributed by atoms with van der Waals surface area (Å²) in [5.74, 6) is -2.60. The molecule has 0 aliphatic heterocycles. The number of esters is 1. The van der Waals surface area contributed by atoms with Gasteiger partial charge >= 0.3 is 5.97 Å².